The number of aromatic nitrogens is 3. The number of hydrogen-bond acceptors (Lipinski definition) is 8. The van der Waals surface area contributed by atoms with Crippen molar-refractivity contribution < 1.29 is 28.0 Å². The minimum absolute atomic E-state index is 0.0727. The zero-order chi connectivity index (χ0) is 23.9. The maximum Gasteiger partial charge on any atom is 0.242 e. The van der Waals surface area contributed by atoms with Gasteiger partial charge in [0.25, 0.3) is 0 Å². The van der Waals surface area contributed by atoms with E-state index in [0.717, 1.165) is 0 Å². The maximum atomic E-state index is 16.0. The molecule has 1 spiro atoms. The summed E-state index contributed by atoms with van der Waals surface area (Å²) in [4.78, 5) is 40.3. The Morgan fingerprint density at radius 2 is 2.09 bits per heavy atom. The van der Waals surface area contributed by atoms with Gasteiger partial charge < -0.3 is 14.2 Å². The molecule has 1 unspecified atom stereocenters. The molecule has 176 valence electrons. The fourth-order valence-corrected chi connectivity index (χ4v) is 5.85. The van der Waals surface area contributed by atoms with E-state index in [1.165, 1.54) is 17.1 Å². The van der Waals surface area contributed by atoms with Crippen molar-refractivity contribution in [1.82, 2.24) is 20.3 Å². The lowest BCUT2D eigenvalue weighted by Gasteiger charge is -2.55. The molecule has 0 saturated carbocycles. The predicted octanol–water partition coefficient (Wildman–Crippen LogP) is 1.95. The number of carbonyl (C=O) groups excluding carboxylic acids is 3. The van der Waals surface area contributed by atoms with Crippen molar-refractivity contribution in [3.63, 3.8) is 0 Å². The molecule has 2 fully saturated rings. The van der Waals surface area contributed by atoms with Crippen LogP contribution in [0.1, 0.15) is 25.8 Å². The molecule has 10 nitrogen and oxygen atoms in total. The van der Waals surface area contributed by atoms with Crippen molar-refractivity contribution in [2.75, 3.05) is 11.4 Å². The average molecular weight is 488 g/mol. The van der Waals surface area contributed by atoms with Gasteiger partial charge in [-0.25, -0.2) is 9.07 Å². The molecule has 0 aliphatic carbocycles. The molecule has 5 heterocycles. The number of hydrogen-bond donors (Lipinski definition) is 1. The molecule has 2 saturated heterocycles. The highest BCUT2D eigenvalue weighted by Crippen LogP contribution is 2.50. The number of Topliss-reactive ketones (excluding diaryl/α,β-unsaturated/α-hetero) is 1. The van der Waals surface area contributed by atoms with E-state index in [1.54, 1.807) is 17.9 Å². The summed E-state index contributed by atoms with van der Waals surface area (Å²) in [7, 11) is 0. The molecule has 6 rings (SSSR count). The standard InChI is InChI=1S/C22H19ClFN5O5/c1-9-7-28-17-11(3-13-18(16(17)24)34-27-20(13)29-8-12(23)6-25-29)5-22(19(28)10(2)33-9)14(30)4-15(31)26-21(22)32/h3,6,8-10,19H,4-5,7H2,1-2H3,(H,26,31,32)/t9-,10+,19-,22?/m1/s1. The highest BCUT2D eigenvalue weighted by molar-refractivity contribution is 6.30. The number of nitrogens with one attached hydrogen (secondary N) is 1. The smallest absolute Gasteiger partial charge is 0.242 e. The SMILES string of the molecule is C[C@@H]1CN2c3c(cc4c(-n5cc(Cl)cn5)noc4c3F)CC3(C(=O)CC(=O)NC3=O)[C@H]2[C@H](C)O1. The summed E-state index contributed by atoms with van der Waals surface area (Å²) < 4.78 is 28.7. The summed E-state index contributed by atoms with van der Waals surface area (Å²) in [6, 6.07) is 0.866. The van der Waals surface area contributed by atoms with Crippen LogP contribution < -0.4 is 10.2 Å². The number of benzene rings is 1. The number of nitrogens with zero attached hydrogens (tertiary/aromatic N) is 4. The lowest BCUT2D eigenvalue weighted by molar-refractivity contribution is -0.158. The van der Waals surface area contributed by atoms with Crippen molar-refractivity contribution in [3.8, 4) is 5.82 Å². The topological polar surface area (TPSA) is 120 Å². The van der Waals surface area contributed by atoms with Gasteiger partial charge in [-0.05, 0) is 31.9 Å². The van der Waals surface area contributed by atoms with Gasteiger partial charge in [0, 0.05) is 6.54 Å². The van der Waals surface area contributed by atoms with Gasteiger partial charge in [-0.2, -0.15) is 5.10 Å². The van der Waals surface area contributed by atoms with Gasteiger partial charge in [0.2, 0.25) is 23.2 Å². The number of amides is 2. The van der Waals surface area contributed by atoms with Crippen LogP contribution in [0.3, 0.4) is 0 Å². The maximum absolute atomic E-state index is 16.0. The number of imide groups is 1. The van der Waals surface area contributed by atoms with Gasteiger partial charge in [-0.15, -0.1) is 0 Å². The van der Waals surface area contributed by atoms with Crippen molar-refractivity contribution in [1.29, 1.82) is 0 Å². The Morgan fingerprint density at radius 3 is 2.79 bits per heavy atom. The zero-order valence-corrected chi connectivity index (χ0v) is 18.9. The Kier molecular flexibility index (Phi) is 4.43. The number of ketones is 1. The predicted molar refractivity (Wildman–Crippen MR) is 116 cm³/mol. The molecule has 4 atom stereocenters. The van der Waals surface area contributed by atoms with Crippen molar-refractivity contribution in [3.05, 3.63) is 34.9 Å². The first-order valence-corrected chi connectivity index (χ1v) is 11.2. The molecule has 0 bridgehead atoms. The monoisotopic (exact) mass is 487 g/mol. The van der Waals surface area contributed by atoms with Gasteiger partial charge in [0.05, 0.1) is 53.2 Å². The normalized spacial score (nSPS) is 28.9. The number of piperidine rings is 1. The molecule has 3 aliphatic heterocycles. The highest BCUT2D eigenvalue weighted by atomic mass is 35.5. The second-order valence-electron chi connectivity index (χ2n) is 9.06. The molecule has 0 radical (unpaired) electrons. The summed E-state index contributed by atoms with van der Waals surface area (Å²) in [5.41, 5.74) is -1.00. The van der Waals surface area contributed by atoms with Crippen LogP contribution in [0.15, 0.2) is 23.0 Å². The van der Waals surface area contributed by atoms with Crippen molar-refractivity contribution >= 4 is 45.9 Å². The molecule has 12 heteroatoms. The van der Waals surface area contributed by atoms with E-state index in [4.69, 9.17) is 20.9 Å². The molecule has 1 N–H and O–H groups in total. The third-order valence-electron chi connectivity index (χ3n) is 6.93. The first-order chi connectivity index (χ1) is 16.2. The molecular formula is C22H19ClFN5O5. The van der Waals surface area contributed by atoms with E-state index in [-0.39, 0.29) is 36.2 Å². The van der Waals surface area contributed by atoms with Crippen molar-refractivity contribution in [2.45, 2.75) is 44.9 Å². The summed E-state index contributed by atoms with van der Waals surface area (Å²) in [5, 5.41) is 11.1. The van der Waals surface area contributed by atoms with Crippen LogP contribution in [-0.2, 0) is 25.5 Å². The summed E-state index contributed by atoms with van der Waals surface area (Å²) in [6.45, 7) is 3.84. The van der Waals surface area contributed by atoms with Gasteiger partial charge in [-0.1, -0.05) is 16.8 Å². The minimum Gasteiger partial charge on any atom is -0.372 e. The number of ether oxygens (including phenoxy) is 1. The second-order valence-corrected chi connectivity index (χ2v) is 9.50. The van der Waals surface area contributed by atoms with Crippen LogP contribution in [0, 0.1) is 11.2 Å². The van der Waals surface area contributed by atoms with Gasteiger partial charge in [0.1, 0.15) is 5.41 Å². The molecule has 34 heavy (non-hydrogen) atoms. The Hall–Kier alpha value is -3.31. The van der Waals surface area contributed by atoms with Crippen LogP contribution in [0.2, 0.25) is 5.02 Å². The van der Waals surface area contributed by atoms with Crippen molar-refractivity contribution in [2.24, 2.45) is 5.41 Å². The van der Waals surface area contributed by atoms with Crippen LogP contribution in [0.5, 0.6) is 0 Å². The van der Waals surface area contributed by atoms with E-state index in [2.05, 4.69) is 15.6 Å². The molecule has 3 aliphatic rings. The van der Waals surface area contributed by atoms with Crippen LogP contribution in [-0.4, -0.2) is 57.3 Å². The Balaban J connectivity index is 1.60. The number of fused-ring (bicyclic) bond motifs is 5. The summed E-state index contributed by atoms with van der Waals surface area (Å²) in [5.74, 6) is -2.26. The minimum atomic E-state index is -1.60. The Labute approximate surface area is 196 Å². The van der Waals surface area contributed by atoms with Gasteiger partial charge >= 0.3 is 0 Å². The largest absolute Gasteiger partial charge is 0.372 e. The van der Waals surface area contributed by atoms with Crippen LogP contribution >= 0.6 is 11.6 Å². The fraction of sp³-hybridized carbons (Fsp3) is 0.409. The van der Waals surface area contributed by atoms with E-state index in [9.17, 15) is 14.4 Å². The lowest BCUT2D eigenvalue weighted by atomic mass is 9.63. The van der Waals surface area contributed by atoms with E-state index < -0.39 is 47.4 Å². The Bertz CT molecular complexity index is 1380. The molecule has 2 aromatic heterocycles. The zero-order valence-electron chi connectivity index (χ0n) is 18.2. The quantitative estimate of drug-likeness (QED) is 0.408. The number of rotatable bonds is 1. The molecule has 1 aromatic carbocycles. The van der Waals surface area contributed by atoms with E-state index in [0.29, 0.717) is 16.0 Å². The second kappa shape index (κ2) is 7.09. The third kappa shape index (κ3) is 2.73. The molecular weight excluding hydrogens is 469 g/mol. The van der Waals surface area contributed by atoms with Crippen LogP contribution in [0.4, 0.5) is 10.1 Å². The van der Waals surface area contributed by atoms with Crippen LogP contribution in [0.25, 0.3) is 16.8 Å². The number of morpholine rings is 1. The number of anilines is 1. The third-order valence-corrected chi connectivity index (χ3v) is 7.12. The first-order valence-electron chi connectivity index (χ1n) is 10.8. The van der Waals surface area contributed by atoms with Gasteiger partial charge in [0.15, 0.2) is 11.6 Å². The van der Waals surface area contributed by atoms with E-state index in [1.807, 2.05) is 6.92 Å². The number of carbonyl (C=O) groups is 3. The fourth-order valence-electron chi connectivity index (χ4n) is 5.72. The number of halogens is 2. The van der Waals surface area contributed by atoms with Gasteiger partial charge in [-0.3, -0.25) is 19.7 Å². The summed E-state index contributed by atoms with van der Waals surface area (Å²) >= 11 is 5.98. The lowest BCUT2D eigenvalue weighted by Crippen LogP contribution is -2.72. The van der Waals surface area contributed by atoms with E-state index >= 15 is 4.39 Å². The Morgan fingerprint density at radius 1 is 1.29 bits per heavy atom. The first kappa shape index (κ1) is 21.2. The average Bonchev–Trinajstić information content (AvgIpc) is 3.37. The highest BCUT2D eigenvalue weighted by Gasteiger charge is 2.62. The summed E-state index contributed by atoms with van der Waals surface area (Å²) in [6.07, 6.45) is 1.53. The molecule has 2 amide bonds. The molecule has 3 aromatic rings.